The van der Waals surface area contributed by atoms with Gasteiger partial charge in [0.25, 0.3) is 0 Å². The van der Waals surface area contributed by atoms with Crippen molar-refractivity contribution in [1.82, 2.24) is 4.90 Å². The highest BCUT2D eigenvalue weighted by Crippen LogP contribution is 2.31. The summed E-state index contributed by atoms with van der Waals surface area (Å²) < 4.78 is 0. The van der Waals surface area contributed by atoms with E-state index in [1.807, 2.05) is 49.4 Å². The zero-order chi connectivity index (χ0) is 19.4. The Kier molecular flexibility index (Phi) is 6.93. The summed E-state index contributed by atoms with van der Waals surface area (Å²) in [7, 11) is 2.12. The van der Waals surface area contributed by atoms with E-state index in [0.29, 0.717) is 10.0 Å². The predicted molar refractivity (Wildman–Crippen MR) is 117 cm³/mol. The number of hydrogen-bond donors (Lipinski definition) is 1. The Bertz CT molecular complexity index is 792. The molecule has 1 atom stereocenters. The fourth-order valence-corrected chi connectivity index (χ4v) is 4.10. The molecule has 27 heavy (non-hydrogen) atoms. The van der Waals surface area contributed by atoms with Crippen LogP contribution in [0.2, 0.25) is 10.0 Å². The monoisotopic (exact) mass is 423 g/mol. The van der Waals surface area contributed by atoms with Crippen molar-refractivity contribution < 1.29 is 4.79 Å². The Balaban J connectivity index is 1.71. The first-order valence-electron chi connectivity index (χ1n) is 8.88. The molecule has 0 spiro atoms. The molecular formula is C20H23Cl2N3OS. The Labute approximate surface area is 174 Å². The van der Waals surface area contributed by atoms with Crippen LogP contribution in [0.1, 0.15) is 6.92 Å². The third-order valence-electron chi connectivity index (χ3n) is 4.56. The number of anilines is 2. The van der Waals surface area contributed by atoms with Gasteiger partial charge in [0.15, 0.2) is 0 Å². The van der Waals surface area contributed by atoms with Gasteiger partial charge < -0.3 is 15.1 Å². The molecule has 1 unspecified atom stereocenters. The zero-order valence-corrected chi connectivity index (χ0v) is 17.7. The number of amides is 1. The van der Waals surface area contributed by atoms with Crippen molar-refractivity contribution in [2.75, 3.05) is 43.4 Å². The summed E-state index contributed by atoms with van der Waals surface area (Å²) in [6.07, 6.45) is 0. The summed E-state index contributed by atoms with van der Waals surface area (Å²) in [5.74, 6) is -0.0485. The molecule has 144 valence electrons. The van der Waals surface area contributed by atoms with Crippen molar-refractivity contribution in [3.05, 3.63) is 52.5 Å². The SMILES string of the molecule is CC(Sc1ccc(Cl)cc1)C(=O)Nc1cc(Cl)ccc1N1CCN(C)CC1. The maximum Gasteiger partial charge on any atom is 0.237 e. The van der Waals surface area contributed by atoms with Gasteiger partial charge in [-0.05, 0) is 56.4 Å². The number of thioether (sulfide) groups is 1. The van der Waals surface area contributed by atoms with Gasteiger partial charge in [0.05, 0.1) is 16.6 Å². The summed E-state index contributed by atoms with van der Waals surface area (Å²) in [5.41, 5.74) is 1.78. The van der Waals surface area contributed by atoms with E-state index in [1.54, 1.807) is 0 Å². The predicted octanol–water partition coefficient (Wildman–Crippen LogP) is 4.86. The van der Waals surface area contributed by atoms with Gasteiger partial charge in [0, 0.05) is 41.1 Å². The third-order valence-corrected chi connectivity index (χ3v) is 6.16. The van der Waals surface area contributed by atoms with Crippen molar-refractivity contribution in [2.24, 2.45) is 0 Å². The number of benzene rings is 2. The van der Waals surface area contributed by atoms with Gasteiger partial charge in [0.1, 0.15) is 0 Å². The van der Waals surface area contributed by atoms with Crippen LogP contribution >= 0.6 is 35.0 Å². The highest BCUT2D eigenvalue weighted by Gasteiger charge is 2.20. The van der Waals surface area contributed by atoms with Gasteiger partial charge in [-0.15, -0.1) is 11.8 Å². The summed E-state index contributed by atoms with van der Waals surface area (Å²) >= 11 is 13.6. The molecule has 3 rings (SSSR count). The number of carbonyl (C=O) groups is 1. The molecular weight excluding hydrogens is 401 g/mol. The molecule has 0 radical (unpaired) electrons. The minimum atomic E-state index is -0.245. The molecule has 1 amide bonds. The molecule has 1 aliphatic rings. The highest BCUT2D eigenvalue weighted by molar-refractivity contribution is 8.00. The van der Waals surface area contributed by atoms with Crippen LogP contribution in [0, 0.1) is 0 Å². The maximum absolute atomic E-state index is 12.8. The lowest BCUT2D eigenvalue weighted by atomic mass is 10.2. The van der Waals surface area contributed by atoms with Crippen molar-refractivity contribution >= 4 is 52.2 Å². The van der Waals surface area contributed by atoms with Crippen LogP contribution in [0.4, 0.5) is 11.4 Å². The number of likely N-dealkylation sites (N-methyl/N-ethyl adjacent to an activating group) is 1. The van der Waals surface area contributed by atoms with Gasteiger partial charge in [-0.3, -0.25) is 4.79 Å². The average molecular weight is 424 g/mol. The second-order valence-electron chi connectivity index (χ2n) is 6.66. The lowest BCUT2D eigenvalue weighted by Gasteiger charge is -2.35. The first-order chi connectivity index (χ1) is 12.9. The molecule has 0 saturated carbocycles. The second kappa shape index (κ2) is 9.20. The summed E-state index contributed by atoms with van der Waals surface area (Å²) in [4.78, 5) is 18.4. The topological polar surface area (TPSA) is 35.6 Å². The Morgan fingerprint density at radius 1 is 1.04 bits per heavy atom. The number of hydrogen-bond acceptors (Lipinski definition) is 4. The maximum atomic E-state index is 12.8. The molecule has 1 fully saturated rings. The van der Waals surface area contributed by atoms with Gasteiger partial charge >= 0.3 is 0 Å². The number of carbonyl (C=O) groups excluding carboxylic acids is 1. The minimum absolute atomic E-state index is 0.0485. The molecule has 2 aromatic rings. The molecule has 2 aromatic carbocycles. The van der Waals surface area contributed by atoms with Gasteiger partial charge in [-0.25, -0.2) is 0 Å². The number of piperazine rings is 1. The Morgan fingerprint density at radius 3 is 2.33 bits per heavy atom. The minimum Gasteiger partial charge on any atom is -0.367 e. The van der Waals surface area contributed by atoms with Crippen LogP contribution in [0.15, 0.2) is 47.4 Å². The number of rotatable bonds is 5. The quantitative estimate of drug-likeness (QED) is 0.696. The van der Waals surface area contributed by atoms with Gasteiger partial charge in [0.2, 0.25) is 5.91 Å². The number of halogens is 2. The Hall–Kier alpha value is -1.40. The van der Waals surface area contributed by atoms with E-state index in [0.717, 1.165) is 42.4 Å². The van der Waals surface area contributed by atoms with Crippen LogP contribution in [0.3, 0.4) is 0 Å². The normalized spacial score (nSPS) is 16.2. The van der Waals surface area contributed by atoms with E-state index in [2.05, 4.69) is 22.2 Å². The molecule has 1 aliphatic heterocycles. The second-order valence-corrected chi connectivity index (χ2v) is 8.94. The zero-order valence-electron chi connectivity index (χ0n) is 15.4. The third kappa shape index (κ3) is 5.55. The van der Waals surface area contributed by atoms with E-state index < -0.39 is 0 Å². The van der Waals surface area contributed by atoms with E-state index in [4.69, 9.17) is 23.2 Å². The van der Waals surface area contributed by atoms with Crippen molar-refractivity contribution in [3.63, 3.8) is 0 Å². The Morgan fingerprint density at radius 2 is 1.67 bits per heavy atom. The molecule has 4 nitrogen and oxygen atoms in total. The van der Waals surface area contributed by atoms with Crippen molar-refractivity contribution in [1.29, 1.82) is 0 Å². The summed E-state index contributed by atoms with van der Waals surface area (Å²) in [5, 5.41) is 4.12. The largest absolute Gasteiger partial charge is 0.367 e. The molecule has 1 N–H and O–H groups in total. The lowest BCUT2D eigenvalue weighted by Crippen LogP contribution is -2.44. The smallest absolute Gasteiger partial charge is 0.237 e. The first-order valence-corrected chi connectivity index (χ1v) is 10.5. The highest BCUT2D eigenvalue weighted by atomic mass is 35.5. The number of nitrogens with zero attached hydrogens (tertiary/aromatic N) is 2. The van der Waals surface area contributed by atoms with E-state index in [9.17, 15) is 4.79 Å². The van der Waals surface area contributed by atoms with Crippen molar-refractivity contribution in [3.8, 4) is 0 Å². The fraction of sp³-hybridized carbons (Fsp3) is 0.350. The van der Waals surface area contributed by atoms with Crippen LogP contribution in [-0.4, -0.2) is 49.3 Å². The van der Waals surface area contributed by atoms with Gasteiger partial charge in [-0.1, -0.05) is 23.2 Å². The molecule has 1 saturated heterocycles. The van der Waals surface area contributed by atoms with E-state index in [1.165, 1.54) is 11.8 Å². The molecule has 1 heterocycles. The van der Waals surface area contributed by atoms with Gasteiger partial charge in [-0.2, -0.15) is 0 Å². The van der Waals surface area contributed by atoms with Crippen LogP contribution in [0.25, 0.3) is 0 Å². The van der Waals surface area contributed by atoms with Crippen LogP contribution < -0.4 is 10.2 Å². The molecule has 7 heteroatoms. The number of nitrogens with one attached hydrogen (secondary N) is 1. The molecule has 0 bridgehead atoms. The van der Waals surface area contributed by atoms with Crippen molar-refractivity contribution in [2.45, 2.75) is 17.1 Å². The van der Waals surface area contributed by atoms with E-state index >= 15 is 0 Å². The molecule has 0 aliphatic carbocycles. The first kappa shape index (κ1) is 20.3. The average Bonchev–Trinajstić information content (AvgIpc) is 2.64. The summed E-state index contributed by atoms with van der Waals surface area (Å²) in [6.45, 7) is 5.75. The lowest BCUT2D eigenvalue weighted by molar-refractivity contribution is -0.115. The molecule has 0 aromatic heterocycles. The van der Waals surface area contributed by atoms with Crippen LogP contribution in [-0.2, 0) is 4.79 Å². The van der Waals surface area contributed by atoms with E-state index in [-0.39, 0.29) is 11.2 Å². The standard InChI is InChI=1S/C20H23Cl2N3OS/c1-14(27-17-6-3-15(21)4-7-17)20(26)23-18-13-16(22)5-8-19(18)25-11-9-24(2)10-12-25/h3-8,13-14H,9-12H2,1-2H3,(H,23,26). The summed E-state index contributed by atoms with van der Waals surface area (Å²) in [6, 6.07) is 13.2. The van der Waals surface area contributed by atoms with Crippen LogP contribution in [0.5, 0.6) is 0 Å². The fourth-order valence-electron chi connectivity index (χ4n) is 2.94.